The lowest BCUT2D eigenvalue weighted by atomic mass is 9.78. The highest BCUT2D eigenvalue weighted by molar-refractivity contribution is 5.79. The number of carbonyl (C=O) groups is 1. The van der Waals surface area contributed by atoms with Gasteiger partial charge in [-0.15, -0.1) is 0 Å². The summed E-state index contributed by atoms with van der Waals surface area (Å²) in [5, 5.41) is 11.3. The van der Waals surface area contributed by atoms with Crippen LogP contribution in [0.3, 0.4) is 0 Å². The number of hydrogen-bond acceptors (Lipinski definition) is 5. The van der Waals surface area contributed by atoms with E-state index < -0.39 is 4.92 Å². The molecule has 4 rings (SSSR count). The van der Waals surface area contributed by atoms with Gasteiger partial charge in [-0.3, -0.25) is 14.9 Å². The molecule has 7 nitrogen and oxygen atoms in total. The number of nitro benzene ring substituents is 1. The number of benzene rings is 2. The van der Waals surface area contributed by atoms with Crippen molar-refractivity contribution >= 4 is 11.6 Å². The van der Waals surface area contributed by atoms with E-state index in [-0.39, 0.29) is 18.2 Å². The van der Waals surface area contributed by atoms with Gasteiger partial charge in [0.2, 0.25) is 0 Å². The molecule has 1 aliphatic heterocycles. The van der Waals surface area contributed by atoms with E-state index in [0.29, 0.717) is 29.0 Å². The first-order valence-corrected chi connectivity index (χ1v) is 10.9. The predicted molar refractivity (Wildman–Crippen MR) is 117 cm³/mol. The third-order valence-corrected chi connectivity index (χ3v) is 6.49. The average Bonchev–Trinajstić information content (AvgIpc) is 2.82. The molecular weight excluding hydrogens is 396 g/mol. The third kappa shape index (κ3) is 4.65. The zero-order valence-corrected chi connectivity index (χ0v) is 17.8. The summed E-state index contributed by atoms with van der Waals surface area (Å²) >= 11 is 0. The zero-order valence-electron chi connectivity index (χ0n) is 17.8. The summed E-state index contributed by atoms with van der Waals surface area (Å²) in [6, 6.07) is 12.0. The molecule has 31 heavy (non-hydrogen) atoms. The van der Waals surface area contributed by atoms with Gasteiger partial charge in [-0.25, -0.2) is 0 Å². The van der Waals surface area contributed by atoms with Crippen molar-refractivity contribution in [2.75, 3.05) is 20.3 Å². The molecule has 2 fully saturated rings. The van der Waals surface area contributed by atoms with Crippen molar-refractivity contribution in [2.24, 2.45) is 5.92 Å². The van der Waals surface area contributed by atoms with Crippen LogP contribution in [0.2, 0.25) is 0 Å². The van der Waals surface area contributed by atoms with E-state index in [2.05, 4.69) is 0 Å². The van der Waals surface area contributed by atoms with Gasteiger partial charge < -0.3 is 14.4 Å². The molecule has 0 spiro atoms. The van der Waals surface area contributed by atoms with E-state index in [9.17, 15) is 14.9 Å². The van der Waals surface area contributed by atoms with Gasteiger partial charge in [0.05, 0.1) is 12.0 Å². The summed E-state index contributed by atoms with van der Waals surface area (Å²) in [7, 11) is 1.58. The Hall–Kier alpha value is -3.09. The first kappa shape index (κ1) is 21.2. The molecule has 1 aliphatic carbocycles. The minimum absolute atomic E-state index is 0.00404. The number of likely N-dealkylation sites (tertiary alicyclic amines) is 1. The Labute approximate surface area is 182 Å². The van der Waals surface area contributed by atoms with Crippen molar-refractivity contribution in [1.82, 2.24) is 4.90 Å². The maximum Gasteiger partial charge on any atom is 0.270 e. The van der Waals surface area contributed by atoms with E-state index in [0.717, 1.165) is 24.9 Å². The molecular formula is C24H28N2O5. The molecule has 7 heteroatoms. The van der Waals surface area contributed by atoms with Gasteiger partial charge in [0.15, 0.2) is 6.61 Å². The molecule has 2 aromatic carbocycles. The van der Waals surface area contributed by atoms with Crippen molar-refractivity contribution in [2.45, 2.75) is 44.6 Å². The summed E-state index contributed by atoms with van der Waals surface area (Å²) in [5.41, 5.74) is 1.32. The summed E-state index contributed by atoms with van der Waals surface area (Å²) < 4.78 is 11.1. The molecule has 164 valence electrons. The minimum atomic E-state index is -0.432. The molecule has 0 radical (unpaired) electrons. The third-order valence-electron chi connectivity index (χ3n) is 6.49. The van der Waals surface area contributed by atoms with Crippen LogP contribution in [0.25, 0.3) is 11.1 Å². The predicted octanol–water partition coefficient (Wildman–Crippen LogP) is 4.83. The summed E-state index contributed by atoms with van der Waals surface area (Å²) in [5.74, 6) is 1.76. The number of carbonyl (C=O) groups excluding carboxylic acids is 1. The van der Waals surface area contributed by atoms with Crippen LogP contribution in [0.15, 0.2) is 42.5 Å². The molecule has 0 N–H and O–H groups in total. The Balaban J connectivity index is 1.53. The Morgan fingerprint density at radius 2 is 1.84 bits per heavy atom. The topological polar surface area (TPSA) is 81.9 Å². The molecule has 1 saturated carbocycles. The number of nitro groups is 1. The number of ether oxygens (including phenoxy) is 2. The van der Waals surface area contributed by atoms with Crippen LogP contribution >= 0.6 is 0 Å². The molecule has 0 bridgehead atoms. The lowest BCUT2D eigenvalue weighted by molar-refractivity contribution is -0.384. The van der Waals surface area contributed by atoms with Crippen molar-refractivity contribution in [3.8, 4) is 22.6 Å². The maximum atomic E-state index is 13.0. The number of non-ortho nitro benzene ring substituents is 1. The molecule has 1 amide bonds. The van der Waals surface area contributed by atoms with Crippen LogP contribution in [-0.2, 0) is 4.79 Å². The summed E-state index contributed by atoms with van der Waals surface area (Å²) in [6.07, 6.45) is 6.97. The number of amides is 1. The molecule has 0 aromatic heterocycles. The van der Waals surface area contributed by atoms with Gasteiger partial charge >= 0.3 is 0 Å². The minimum Gasteiger partial charge on any atom is -0.497 e. The van der Waals surface area contributed by atoms with Gasteiger partial charge in [0, 0.05) is 30.3 Å². The van der Waals surface area contributed by atoms with Crippen LogP contribution < -0.4 is 9.47 Å². The maximum absolute atomic E-state index is 13.0. The van der Waals surface area contributed by atoms with Crippen LogP contribution in [0.4, 0.5) is 5.69 Å². The lowest BCUT2D eigenvalue weighted by Crippen LogP contribution is -2.51. The second-order valence-corrected chi connectivity index (χ2v) is 8.30. The fourth-order valence-electron chi connectivity index (χ4n) is 4.91. The van der Waals surface area contributed by atoms with Crippen LogP contribution in [0, 0.1) is 16.0 Å². The Kier molecular flexibility index (Phi) is 6.39. The Morgan fingerprint density at radius 3 is 2.58 bits per heavy atom. The smallest absolute Gasteiger partial charge is 0.270 e. The van der Waals surface area contributed by atoms with Gasteiger partial charge in [0.1, 0.15) is 11.5 Å². The second kappa shape index (κ2) is 9.37. The Morgan fingerprint density at radius 1 is 1.10 bits per heavy atom. The van der Waals surface area contributed by atoms with Crippen molar-refractivity contribution in [3.05, 3.63) is 52.6 Å². The summed E-state index contributed by atoms with van der Waals surface area (Å²) in [6.45, 7) is 0.721. The number of nitrogens with zero attached hydrogens (tertiary/aromatic N) is 2. The fraction of sp³-hybridized carbons (Fsp3) is 0.458. The van der Waals surface area contributed by atoms with E-state index in [4.69, 9.17) is 9.47 Å². The van der Waals surface area contributed by atoms with Gasteiger partial charge in [-0.05, 0) is 55.4 Å². The lowest BCUT2D eigenvalue weighted by Gasteiger charge is -2.44. The van der Waals surface area contributed by atoms with Gasteiger partial charge in [-0.2, -0.15) is 0 Å². The highest BCUT2D eigenvalue weighted by atomic mass is 16.6. The Bertz CT molecular complexity index is 941. The molecule has 1 heterocycles. The average molecular weight is 424 g/mol. The number of rotatable bonds is 6. The molecule has 0 unspecified atom stereocenters. The SMILES string of the molecule is COc1ccc(-c2cc([N+](=O)[O-])ccc2OCC(=O)N2CCC[C@H]3CCCC[C@@H]32)cc1. The molecule has 1 saturated heterocycles. The number of hydrogen-bond donors (Lipinski definition) is 0. The molecule has 2 aliphatic rings. The van der Waals surface area contributed by atoms with Crippen molar-refractivity contribution < 1.29 is 19.2 Å². The van der Waals surface area contributed by atoms with Crippen LogP contribution in [0.5, 0.6) is 11.5 Å². The summed E-state index contributed by atoms with van der Waals surface area (Å²) in [4.78, 5) is 25.9. The first-order valence-electron chi connectivity index (χ1n) is 10.9. The number of methoxy groups -OCH3 is 1. The molecule has 2 aromatic rings. The highest BCUT2D eigenvalue weighted by Crippen LogP contribution is 2.36. The van der Waals surface area contributed by atoms with Gasteiger partial charge in [0.25, 0.3) is 11.6 Å². The van der Waals surface area contributed by atoms with E-state index >= 15 is 0 Å². The van der Waals surface area contributed by atoms with E-state index in [1.165, 1.54) is 37.8 Å². The van der Waals surface area contributed by atoms with Crippen LogP contribution in [0.1, 0.15) is 38.5 Å². The monoisotopic (exact) mass is 424 g/mol. The van der Waals surface area contributed by atoms with Crippen molar-refractivity contribution in [3.63, 3.8) is 0 Å². The zero-order chi connectivity index (χ0) is 21.8. The van der Waals surface area contributed by atoms with E-state index in [1.807, 2.05) is 17.0 Å². The quantitative estimate of drug-likeness (QED) is 0.490. The normalized spacial score (nSPS) is 20.6. The van der Waals surface area contributed by atoms with Crippen molar-refractivity contribution in [1.29, 1.82) is 0 Å². The number of fused-ring (bicyclic) bond motifs is 1. The van der Waals surface area contributed by atoms with E-state index in [1.54, 1.807) is 25.3 Å². The first-order chi connectivity index (χ1) is 15.1. The van der Waals surface area contributed by atoms with Crippen LogP contribution in [-0.4, -0.2) is 42.0 Å². The number of piperidine rings is 1. The molecule has 2 atom stereocenters. The largest absolute Gasteiger partial charge is 0.497 e. The standard InChI is InChI=1S/C24H28N2O5/c1-30-20-11-8-17(9-12-20)21-15-19(26(28)29)10-13-23(21)31-16-24(27)25-14-4-6-18-5-2-3-7-22(18)25/h8-13,15,18,22H,2-7,14,16H2,1H3/t18-,22+/m1/s1. The second-order valence-electron chi connectivity index (χ2n) is 8.30. The fourth-order valence-corrected chi connectivity index (χ4v) is 4.91. The van der Waals surface area contributed by atoms with Gasteiger partial charge in [-0.1, -0.05) is 25.0 Å². The highest BCUT2D eigenvalue weighted by Gasteiger charge is 2.35.